The molecule has 20 heavy (non-hydrogen) atoms. The van der Waals surface area contributed by atoms with Gasteiger partial charge in [-0.25, -0.2) is 0 Å². The lowest BCUT2D eigenvalue weighted by atomic mass is 9.73. The van der Waals surface area contributed by atoms with Crippen LogP contribution in [-0.4, -0.2) is 6.04 Å². The van der Waals surface area contributed by atoms with Crippen molar-refractivity contribution in [2.24, 2.45) is 17.7 Å². The van der Waals surface area contributed by atoms with Crippen molar-refractivity contribution in [2.75, 3.05) is 0 Å². The zero-order chi connectivity index (χ0) is 13.9. The predicted octanol–water partition coefficient (Wildman–Crippen LogP) is 3.76. The Balaban J connectivity index is 1.72. The summed E-state index contributed by atoms with van der Waals surface area (Å²) in [7, 11) is 0. The zero-order valence-electron chi connectivity index (χ0n) is 12.6. The minimum absolute atomic E-state index is 0.469. The summed E-state index contributed by atoms with van der Waals surface area (Å²) in [6.45, 7) is 2.33. The fourth-order valence-corrected chi connectivity index (χ4v) is 4.50. The third-order valence-corrected chi connectivity index (χ3v) is 5.78. The highest BCUT2D eigenvalue weighted by atomic mass is 15.2. The van der Waals surface area contributed by atoms with Crippen molar-refractivity contribution in [3.63, 3.8) is 0 Å². The number of fused-ring (bicyclic) bond motifs is 1. The number of nitrogens with one attached hydrogen (secondary N) is 1. The highest BCUT2D eigenvalue weighted by Gasteiger charge is 2.35. The number of benzene rings is 1. The van der Waals surface area contributed by atoms with E-state index in [2.05, 4.69) is 36.6 Å². The van der Waals surface area contributed by atoms with Gasteiger partial charge in [0.2, 0.25) is 0 Å². The van der Waals surface area contributed by atoms with Gasteiger partial charge in [0.15, 0.2) is 0 Å². The summed E-state index contributed by atoms with van der Waals surface area (Å²) in [6, 6.07) is 9.42. The minimum Gasteiger partial charge on any atom is -0.271 e. The number of hydrogen-bond acceptors (Lipinski definition) is 2. The van der Waals surface area contributed by atoms with Crippen LogP contribution in [0, 0.1) is 11.8 Å². The van der Waals surface area contributed by atoms with E-state index in [0.29, 0.717) is 12.0 Å². The lowest BCUT2D eigenvalue weighted by molar-refractivity contribution is 0.199. The molecule has 2 atom stereocenters. The molecule has 2 heteroatoms. The van der Waals surface area contributed by atoms with Crippen LogP contribution in [0.15, 0.2) is 24.3 Å². The molecule has 0 aromatic heterocycles. The quantitative estimate of drug-likeness (QED) is 0.647. The van der Waals surface area contributed by atoms with E-state index in [1.54, 1.807) is 11.1 Å². The molecule has 0 spiro atoms. The molecular formula is C18H28N2. The van der Waals surface area contributed by atoms with Crippen LogP contribution < -0.4 is 11.3 Å². The van der Waals surface area contributed by atoms with Gasteiger partial charge >= 0.3 is 0 Å². The van der Waals surface area contributed by atoms with E-state index in [1.807, 2.05) is 0 Å². The summed E-state index contributed by atoms with van der Waals surface area (Å²) in [5.41, 5.74) is 6.28. The van der Waals surface area contributed by atoms with Crippen LogP contribution in [0.4, 0.5) is 0 Å². The zero-order valence-corrected chi connectivity index (χ0v) is 12.6. The van der Waals surface area contributed by atoms with Crippen molar-refractivity contribution < 1.29 is 0 Å². The van der Waals surface area contributed by atoms with Crippen LogP contribution in [0.2, 0.25) is 0 Å². The Morgan fingerprint density at radius 1 is 1.15 bits per heavy atom. The second-order valence-corrected chi connectivity index (χ2v) is 6.73. The number of hydrogen-bond donors (Lipinski definition) is 2. The number of rotatable bonds is 4. The Morgan fingerprint density at radius 3 is 2.60 bits per heavy atom. The fraction of sp³-hybridized carbons (Fsp3) is 0.667. The molecule has 110 valence electrons. The molecule has 0 amide bonds. The first-order chi connectivity index (χ1) is 9.83. The lowest BCUT2D eigenvalue weighted by Crippen LogP contribution is -2.45. The third kappa shape index (κ3) is 2.64. The molecule has 0 radical (unpaired) electrons. The van der Waals surface area contributed by atoms with E-state index >= 15 is 0 Å². The van der Waals surface area contributed by atoms with E-state index in [0.717, 1.165) is 11.8 Å². The highest BCUT2D eigenvalue weighted by molar-refractivity contribution is 5.36. The van der Waals surface area contributed by atoms with Gasteiger partial charge in [-0.3, -0.25) is 11.3 Å². The largest absolute Gasteiger partial charge is 0.271 e. The van der Waals surface area contributed by atoms with Gasteiger partial charge in [-0.2, -0.15) is 0 Å². The summed E-state index contributed by atoms with van der Waals surface area (Å²) in [4.78, 5) is 0. The molecule has 2 aliphatic carbocycles. The Kier molecular flexibility index (Phi) is 4.42. The van der Waals surface area contributed by atoms with Crippen molar-refractivity contribution in [3.8, 4) is 0 Å². The van der Waals surface area contributed by atoms with Crippen molar-refractivity contribution >= 4 is 0 Å². The van der Waals surface area contributed by atoms with Crippen molar-refractivity contribution in [2.45, 2.75) is 63.8 Å². The van der Waals surface area contributed by atoms with E-state index in [9.17, 15) is 0 Å². The van der Waals surface area contributed by atoms with Crippen LogP contribution in [0.3, 0.4) is 0 Å². The van der Waals surface area contributed by atoms with Crippen LogP contribution in [0.5, 0.6) is 0 Å². The molecule has 0 aliphatic heterocycles. The normalized spacial score (nSPS) is 31.0. The molecule has 0 bridgehead atoms. The molecule has 1 saturated carbocycles. The van der Waals surface area contributed by atoms with Gasteiger partial charge in [0.05, 0.1) is 0 Å². The maximum absolute atomic E-state index is 5.96. The second-order valence-electron chi connectivity index (χ2n) is 6.73. The first kappa shape index (κ1) is 14.1. The maximum atomic E-state index is 5.96. The minimum atomic E-state index is 0.469. The molecule has 3 N–H and O–H groups in total. The first-order valence-corrected chi connectivity index (χ1v) is 8.37. The van der Waals surface area contributed by atoms with Crippen molar-refractivity contribution in [1.82, 2.24) is 5.43 Å². The first-order valence-electron chi connectivity index (χ1n) is 8.37. The Morgan fingerprint density at radius 2 is 1.90 bits per heavy atom. The standard InChI is InChI=1S/C18H28N2/c1-2-13-7-9-15(10-8-13)18(20-19)17-12-11-14-5-3-4-6-16(14)17/h3-6,13,15,17-18,20H,2,7-12,19H2,1H3. The summed E-state index contributed by atoms with van der Waals surface area (Å²) in [5.74, 6) is 8.30. The topological polar surface area (TPSA) is 38.0 Å². The van der Waals surface area contributed by atoms with Gasteiger partial charge in [-0.05, 0) is 48.6 Å². The number of aryl methyl sites for hydroxylation is 1. The molecule has 1 aromatic carbocycles. The van der Waals surface area contributed by atoms with E-state index in [4.69, 9.17) is 5.84 Å². The van der Waals surface area contributed by atoms with Gasteiger partial charge in [0, 0.05) is 12.0 Å². The molecule has 1 fully saturated rings. The second kappa shape index (κ2) is 6.28. The average Bonchev–Trinajstić information content (AvgIpc) is 2.93. The van der Waals surface area contributed by atoms with Crippen LogP contribution in [0.25, 0.3) is 0 Å². The smallest absolute Gasteiger partial charge is 0.0307 e. The third-order valence-electron chi connectivity index (χ3n) is 5.78. The van der Waals surface area contributed by atoms with Crippen molar-refractivity contribution in [3.05, 3.63) is 35.4 Å². The molecule has 0 heterocycles. The van der Waals surface area contributed by atoms with Crippen LogP contribution in [0.1, 0.15) is 62.5 Å². The molecule has 2 nitrogen and oxygen atoms in total. The fourth-order valence-electron chi connectivity index (χ4n) is 4.50. The Hall–Kier alpha value is -0.860. The molecule has 3 rings (SSSR count). The van der Waals surface area contributed by atoms with E-state index in [1.165, 1.54) is 44.9 Å². The molecular weight excluding hydrogens is 244 g/mol. The monoisotopic (exact) mass is 272 g/mol. The molecule has 2 unspecified atom stereocenters. The summed E-state index contributed by atoms with van der Waals surface area (Å²) in [6.07, 6.45) is 9.34. The predicted molar refractivity (Wildman–Crippen MR) is 84.4 cm³/mol. The van der Waals surface area contributed by atoms with Crippen LogP contribution in [-0.2, 0) is 6.42 Å². The average molecular weight is 272 g/mol. The molecule has 1 aromatic rings. The van der Waals surface area contributed by atoms with E-state index in [-0.39, 0.29) is 0 Å². The van der Waals surface area contributed by atoms with Gasteiger partial charge in [0.25, 0.3) is 0 Å². The highest BCUT2D eigenvalue weighted by Crippen LogP contribution is 2.42. The Labute approximate surface area is 123 Å². The summed E-state index contributed by atoms with van der Waals surface area (Å²) in [5, 5.41) is 0. The maximum Gasteiger partial charge on any atom is 0.0307 e. The van der Waals surface area contributed by atoms with Crippen molar-refractivity contribution in [1.29, 1.82) is 0 Å². The molecule has 2 aliphatic rings. The van der Waals surface area contributed by atoms with E-state index < -0.39 is 0 Å². The summed E-state index contributed by atoms with van der Waals surface area (Å²) >= 11 is 0. The SMILES string of the molecule is CCC1CCC(C(NN)C2CCc3ccccc32)CC1. The van der Waals surface area contributed by atoms with Gasteiger partial charge in [-0.15, -0.1) is 0 Å². The number of nitrogens with two attached hydrogens (primary N) is 1. The van der Waals surface area contributed by atoms with Gasteiger partial charge in [-0.1, -0.05) is 50.5 Å². The molecule has 0 saturated heterocycles. The van der Waals surface area contributed by atoms with Crippen LogP contribution >= 0.6 is 0 Å². The lowest BCUT2D eigenvalue weighted by Gasteiger charge is -2.36. The number of hydrazine groups is 1. The van der Waals surface area contributed by atoms with Gasteiger partial charge < -0.3 is 0 Å². The van der Waals surface area contributed by atoms with Gasteiger partial charge in [0.1, 0.15) is 0 Å². The Bertz CT molecular complexity index is 435. The summed E-state index contributed by atoms with van der Waals surface area (Å²) < 4.78 is 0.